The van der Waals surface area contributed by atoms with Crippen LogP contribution >= 0.6 is 0 Å². The van der Waals surface area contributed by atoms with Crippen molar-refractivity contribution >= 4 is 22.5 Å². The summed E-state index contributed by atoms with van der Waals surface area (Å²) in [5.41, 5.74) is 7.46. The molecule has 0 bridgehead atoms. The molecule has 1 amide bonds. The van der Waals surface area contributed by atoms with Crippen LogP contribution in [0.15, 0.2) is 30.5 Å². The number of para-hydroxylation sites is 1. The number of hydrogen-bond donors (Lipinski definition) is 2. The van der Waals surface area contributed by atoms with Gasteiger partial charge in [0.2, 0.25) is 5.91 Å². The highest BCUT2D eigenvalue weighted by Gasteiger charge is 2.19. The van der Waals surface area contributed by atoms with Crippen LogP contribution in [-0.2, 0) is 4.79 Å². The lowest BCUT2D eigenvalue weighted by molar-refractivity contribution is -0.121. The molecule has 0 aliphatic carbocycles. The fraction of sp³-hybridized carbons (Fsp3) is 0.357. The molecular formula is C14H19N3O. The summed E-state index contributed by atoms with van der Waals surface area (Å²) in [4.78, 5) is 17.1. The van der Waals surface area contributed by atoms with E-state index in [4.69, 9.17) is 5.73 Å². The Hall–Kier alpha value is -1.81. The van der Waals surface area contributed by atoms with Crippen LogP contribution in [0.25, 0.3) is 10.9 Å². The molecule has 0 aliphatic rings. The van der Waals surface area contributed by atoms with Crippen molar-refractivity contribution < 1.29 is 4.79 Å². The van der Waals surface area contributed by atoms with Crippen LogP contribution in [0, 0.1) is 5.92 Å². The molecule has 3 N–H and O–H groups in total. The average molecular weight is 245 g/mol. The van der Waals surface area contributed by atoms with Gasteiger partial charge in [0.1, 0.15) is 0 Å². The van der Waals surface area contributed by atoms with E-state index in [-0.39, 0.29) is 11.8 Å². The zero-order valence-electron chi connectivity index (χ0n) is 10.8. The van der Waals surface area contributed by atoms with E-state index in [2.05, 4.69) is 4.98 Å². The highest BCUT2D eigenvalue weighted by molar-refractivity contribution is 6.03. The minimum Gasteiger partial charge on any atom is -0.359 e. The van der Waals surface area contributed by atoms with E-state index in [1.807, 2.05) is 44.4 Å². The number of carbonyl (C=O) groups excluding carboxylic acids is 1. The Morgan fingerprint density at radius 1 is 1.44 bits per heavy atom. The van der Waals surface area contributed by atoms with Gasteiger partial charge in [-0.3, -0.25) is 4.79 Å². The first-order valence-electron chi connectivity index (χ1n) is 6.19. The third-order valence-electron chi connectivity index (χ3n) is 3.28. The Morgan fingerprint density at radius 3 is 2.89 bits per heavy atom. The lowest BCUT2D eigenvalue weighted by Gasteiger charge is -2.20. The van der Waals surface area contributed by atoms with Gasteiger partial charge in [-0.15, -0.1) is 0 Å². The van der Waals surface area contributed by atoms with Crippen molar-refractivity contribution in [2.75, 3.05) is 18.5 Å². The number of nitrogens with one attached hydrogen (secondary N) is 1. The van der Waals surface area contributed by atoms with Crippen LogP contribution in [0.2, 0.25) is 0 Å². The van der Waals surface area contributed by atoms with E-state index >= 15 is 0 Å². The zero-order chi connectivity index (χ0) is 13.1. The molecule has 96 valence electrons. The number of aromatic amines is 1. The number of hydrogen-bond acceptors (Lipinski definition) is 2. The van der Waals surface area contributed by atoms with Gasteiger partial charge in [0, 0.05) is 30.1 Å². The Kier molecular flexibility index (Phi) is 3.67. The number of nitrogens with two attached hydrogens (primary N) is 1. The lowest BCUT2D eigenvalue weighted by atomic mass is 10.1. The lowest BCUT2D eigenvalue weighted by Crippen LogP contribution is -2.32. The van der Waals surface area contributed by atoms with Crippen LogP contribution in [0.3, 0.4) is 0 Å². The van der Waals surface area contributed by atoms with Gasteiger partial charge in [0.05, 0.1) is 5.69 Å². The van der Waals surface area contributed by atoms with Gasteiger partial charge in [0.25, 0.3) is 0 Å². The average Bonchev–Trinajstić information content (AvgIpc) is 2.81. The van der Waals surface area contributed by atoms with Gasteiger partial charge < -0.3 is 15.6 Å². The summed E-state index contributed by atoms with van der Waals surface area (Å²) in [5.74, 6) is 0.0545. The molecule has 1 aromatic heterocycles. The summed E-state index contributed by atoms with van der Waals surface area (Å²) in [6.45, 7) is 2.45. The molecule has 1 atom stereocenters. The second-order valence-corrected chi connectivity index (χ2v) is 4.60. The van der Waals surface area contributed by atoms with Gasteiger partial charge in [-0.05, 0) is 19.0 Å². The predicted octanol–water partition coefficient (Wildman–Crippen LogP) is 2.12. The maximum atomic E-state index is 12.2. The molecular weight excluding hydrogens is 226 g/mol. The third-order valence-corrected chi connectivity index (χ3v) is 3.28. The highest BCUT2D eigenvalue weighted by atomic mass is 16.2. The minimum absolute atomic E-state index is 0.0475. The summed E-state index contributed by atoms with van der Waals surface area (Å²) in [6, 6.07) is 7.96. The molecule has 2 aromatic rings. The van der Waals surface area contributed by atoms with Crippen LogP contribution in [-0.4, -0.2) is 24.5 Å². The molecule has 2 rings (SSSR count). The second-order valence-electron chi connectivity index (χ2n) is 4.60. The second kappa shape index (κ2) is 5.23. The molecule has 4 nitrogen and oxygen atoms in total. The molecule has 1 aromatic carbocycles. The molecule has 0 spiro atoms. The van der Waals surface area contributed by atoms with E-state index in [1.165, 1.54) is 0 Å². The highest BCUT2D eigenvalue weighted by Crippen LogP contribution is 2.26. The summed E-state index contributed by atoms with van der Waals surface area (Å²) >= 11 is 0. The predicted molar refractivity (Wildman–Crippen MR) is 74.5 cm³/mol. The number of carbonyl (C=O) groups is 1. The molecule has 1 heterocycles. The minimum atomic E-state index is -0.0475. The summed E-state index contributed by atoms with van der Waals surface area (Å²) in [5, 5.41) is 1.06. The number of amides is 1. The molecule has 0 aliphatic heterocycles. The number of nitrogens with zero attached hydrogens (tertiary/aromatic N) is 1. The number of benzene rings is 1. The summed E-state index contributed by atoms with van der Waals surface area (Å²) < 4.78 is 0. The van der Waals surface area contributed by atoms with Crippen molar-refractivity contribution in [3.05, 3.63) is 30.5 Å². The van der Waals surface area contributed by atoms with E-state index < -0.39 is 0 Å². The van der Waals surface area contributed by atoms with Crippen LogP contribution in [0.4, 0.5) is 5.69 Å². The number of aromatic nitrogens is 1. The third kappa shape index (κ3) is 2.24. The van der Waals surface area contributed by atoms with Crippen LogP contribution in [0.1, 0.15) is 13.3 Å². The number of fused-ring (bicyclic) bond motifs is 1. The van der Waals surface area contributed by atoms with E-state index in [1.54, 1.807) is 4.90 Å². The Bertz CT molecular complexity index is 547. The maximum Gasteiger partial charge on any atom is 0.229 e. The van der Waals surface area contributed by atoms with E-state index in [0.717, 1.165) is 16.6 Å². The number of rotatable bonds is 4. The summed E-state index contributed by atoms with van der Waals surface area (Å²) in [7, 11) is 1.81. The molecule has 0 saturated carbocycles. The number of H-pyrrole nitrogens is 1. The maximum absolute atomic E-state index is 12.2. The van der Waals surface area contributed by atoms with Crippen molar-refractivity contribution in [3.63, 3.8) is 0 Å². The Morgan fingerprint density at radius 2 is 2.17 bits per heavy atom. The van der Waals surface area contributed by atoms with Gasteiger partial charge in [-0.25, -0.2) is 0 Å². The molecule has 0 radical (unpaired) electrons. The fourth-order valence-electron chi connectivity index (χ4n) is 2.16. The quantitative estimate of drug-likeness (QED) is 0.866. The SMILES string of the molecule is CC(CCN)C(=O)N(C)c1c[nH]c2ccccc12. The largest absolute Gasteiger partial charge is 0.359 e. The summed E-state index contributed by atoms with van der Waals surface area (Å²) in [6.07, 6.45) is 2.59. The Labute approximate surface area is 107 Å². The Balaban J connectivity index is 2.28. The van der Waals surface area contributed by atoms with Crippen molar-refractivity contribution in [2.45, 2.75) is 13.3 Å². The van der Waals surface area contributed by atoms with Gasteiger partial charge in [0.15, 0.2) is 0 Å². The van der Waals surface area contributed by atoms with Crippen LogP contribution < -0.4 is 10.6 Å². The van der Waals surface area contributed by atoms with Crippen molar-refractivity contribution in [3.8, 4) is 0 Å². The normalized spacial score (nSPS) is 12.6. The van der Waals surface area contributed by atoms with Gasteiger partial charge in [-0.1, -0.05) is 25.1 Å². The molecule has 0 saturated heterocycles. The first-order chi connectivity index (χ1) is 8.65. The topological polar surface area (TPSA) is 62.1 Å². The van der Waals surface area contributed by atoms with Crippen molar-refractivity contribution in [2.24, 2.45) is 11.7 Å². The monoisotopic (exact) mass is 245 g/mol. The van der Waals surface area contributed by atoms with E-state index in [9.17, 15) is 4.79 Å². The first kappa shape index (κ1) is 12.6. The fourth-order valence-corrected chi connectivity index (χ4v) is 2.16. The van der Waals surface area contributed by atoms with Crippen molar-refractivity contribution in [1.82, 2.24) is 4.98 Å². The van der Waals surface area contributed by atoms with Crippen LogP contribution in [0.5, 0.6) is 0 Å². The number of anilines is 1. The first-order valence-corrected chi connectivity index (χ1v) is 6.19. The standard InChI is InChI=1S/C14H19N3O/c1-10(7-8-15)14(18)17(2)13-9-16-12-6-4-3-5-11(12)13/h3-6,9-10,16H,7-8,15H2,1-2H3. The van der Waals surface area contributed by atoms with Gasteiger partial charge in [-0.2, -0.15) is 0 Å². The van der Waals surface area contributed by atoms with Gasteiger partial charge >= 0.3 is 0 Å². The van der Waals surface area contributed by atoms with Crippen molar-refractivity contribution in [1.29, 1.82) is 0 Å². The smallest absolute Gasteiger partial charge is 0.229 e. The molecule has 1 unspecified atom stereocenters. The molecule has 4 heteroatoms. The molecule has 18 heavy (non-hydrogen) atoms. The molecule has 0 fully saturated rings. The zero-order valence-corrected chi connectivity index (χ0v) is 10.8. The van der Waals surface area contributed by atoms with E-state index in [0.29, 0.717) is 13.0 Å².